The SMILES string of the molecule is CS(=O)(=O)c1cn[nH]c1C(N)=NO. The number of oxime groups is 1. The van der Waals surface area contributed by atoms with Crippen molar-refractivity contribution in [1.82, 2.24) is 10.2 Å². The minimum absolute atomic E-state index is 0.00926. The van der Waals surface area contributed by atoms with E-state index in [-0.39, 0.29) is 16.4 Å². The number of nitrogens with zero attached hydrogens (tertiary/aromatic N) is 2. The van der Waals surface area contributed by atoms with Crippen molar-refractivity contribution in [3.8, 4) is 0 Å². The lowest BCUT2D eigenvalue weighted by molar-refractivity contribution is 0.318. The standard InChI is InChI=1S/C5H8N4O3S/c1-13(11,12)3-2-7-8-4(3)5(6)9-10/h2,10H,1H3,(H2,6,9)(H,7,8). The zero-order valence-corrected chi connectivity index (χ0v) is 7.54. The van der Waals surface area contributed by atoms with Gasteiger partial charge in [-0.15, -0.1) is 0 Å². The summed E-state index contributed by atoms with van der Waals surface area (Å²) in [7, 11) is -3.41. The summed E-state index contributed by atoms with van der Waals surface area (Å²) in [6.45, 7) is 0. The van der Waals surface area contributed by atoms with Crippen LogP contribution in [0.25, 0.3) is 0 Å². The first-order valence-electron chi connectivity index (χ1n) is 3.18. The van der Waals surface area contributed by atoms with Gasteiger partial charge in [-0.05, 0) is 0 Å². The van der Waals surface area contributed by atoms with Crippen LogP contribution in [0.5, 0.6) is 0 Å². The van der Waals surface area contributed by atoms with E-state index in [9.17, 15) is 8.42 Å². The van der Waals surface area contributed by atoms with Gasteiger partial charge in [0.2, 0.25) is 0 Å². The fourth-order valence-electron chi connectivity index (χ4n) is 0.790. The maximum Gasteiger partial charge on any atom is 0.189 e. The van der Waals surface area contributed by atoms with E-state index in [4.69, 9.17) is 10.9 Å². The molecule has 0 bridgehead atoms. The molecule has 1 aromatic rings. The van der Waals surface area contributed by atoms with E-state index < -0.39 is 9.84 Å². The molecular weight excluding hydrogens is 196 g/mol. The van der Waals surface area contributed by atoms with E-state index in [1.807, 2.05) is 0 Å². The van der Waals surface area contributed by atoms with Gasteiger partial charge in [0.15, 0.2) is 15.7 Å². The quantitative estimate of drug-likeness (QED) is 0.244. The average molecular weight is 204 g/mol. The first kappa shape index (κ1) is 9.52. The number of aromatic amines is 1. The predicted molar refractivity (Wildman–Crippen MR) is 44.2 cm³/mol. The van der Waals surface area contributed by atoms with Crippen molar-refractivity contribution in [2.45, 2.75) is 4.90 Å². The van der Waals surface area contributed by atoms with E-state index in [1.165, 1.54) is 0 Å². The van der Waals surface area contributed by atoms with Crippen LogP contribution in [0.1, 0.15) is 5.69 Å². The van der Waals surface area contributed by atoms with Gasteiger partial charge >= 0.3 is 0 Å². The van der Waals surface area contributed by atoms with Gasteiger partial charge < -0.3 is 10.9 Å². The monoisotopic (exact) mass is 204 g/mol. The average Bonchev–Trinajstić information content (AvgIpc) is 2.49. The molecule has 7 nitrogen and oxygen atoms in total. The highest BCUT2D eigenvalue weighted by molar-refractivity contribution is 7.90. The van der Waals surface area contributed by atoms with Crippen molar-refractivity contribution in [3.63, 3.8) is 0 Å². The molecule has 1 aromatic heterocycles. The van der Waals surface area contributed by atoms with Crippen LogP contribution < -0.4 is 5.73 Å². The van der Waals surface area contributed by atoms with E-state index in [0.717, 1.165) is 12.5 Å². The van der Waals surface area contributed by atoms with Crippen LogP contribution in [0.15, 0.2) is 16.2 Å². The summed E-state index contributed by atoms with van der Waals surface area (Å²) in [6.07, 6.45) is 2.11. The molecule has 1 heterocycles. The van der Waals surface area contributed by atoms with E-state index in [2.05, 4.69) is 15.4 Å². The van der Waals surface area contributed by atoms with E-state index >= 15 is 0 Å². The van der Waals surface area contributed by atoms with Gasteiger partial charge in [-0.2, -0.15) is 5.10 Å². The fourth-order valence-corrected chi connectivity index (χ4v) is 1.55. The number of nitrogens with two attached hydrogens (primary N) is 1. The molecule has 4 N–H and O–H groups in total. The summed E-state index contributed by atoms with van der Waals surface area (Å²) >= 11 is 0. The Morgan fingerprint density at radius 1 is 1.77 bits per heavy atom. The molecule has 0 aliphatic carbocycles. The summed E-state index contributed by atoms with van der Waals surface area (Å²) < 4.78 is 22.2. The van der Waals surface area contributed by atoms with Crippen LogP contribution in [-0.2, 0) is 9.84 Å². The largest absolute Gasteiger partial charge is 0.409 e. The van der Waals surface area contributed by atoms with Crippen molar-refractivity contribution in [2.24, 2.45) is 10.9 Å². The molecule has 0 amide bonds. The second-order valence-corrected chi connectivity index (χ2v) is 4.35. The van der Waals surface area contributed by atoms with Gasteiger partial charge in [-0.25, -0.2) is 8.42 Å². The second-order valence-electron chi connectivity index (χ2n) is 2.37. The van der Waals surface area contributed by atoms with E-state index in [0.29, 0.717) is 0 Å². The topological polar surface area (TPSA) is 121 Å². The third-order valence-corrected chi connectivity index (χ3v) is 2.48. The zero-order chi connectivity index (χ0) is 10.1. The molecule has 0 aliphatic heterocycles. The molecular formula is C5H8N4O3S. The third kappa shape index (κ3) is 1.78. The van der Waals surface area contributed by atoms with Crippen molar-refractivity contribution >= 4 is 15.7 Å². The van der Waals surface area contributed by atoms with Crippen molar-refractivity contribution < 1.29 is 13.6 Å². The van der Waals surface area contributed by atoms with Gasteiger partial charge in [0.05, 0.1) is 6.20 Å². The Hall–Kier alpha value is -1.57. The number of amidine groups is 1. The number of nitrogens with one attached hydrogen (secondary N) is 1. The molecule has 72 valence electrons. The minimum Gasteiger partial charge on any atom is -0.409 e. The molecule has 8 heteroatoms. The van der Waals surface area contributed by atoms with Gasteiger partial charge in [-0.3, -0.25) is 5.10 Å². The van der Waals surface area contributed by atoms with Gasteiger partial charge in [0.1, 0.15) is 10.6 Å². The molecule has 0 spiro atoms. The minimum atomic E-state index is -3.41. The Labute approximate surface area is 74.2 Å². The molecule has 0 unspecified atom stereocenters. The molecule has 0 saturated heterocycles. The normalized spacial score (nSPS) is 13.2. The van der Waals surface area contributed by atoms with Crippen LogP contribution in [0.3, 0.4) is 0 Å². The highest BCUT2D eigenvalue weighted by Crippen LogP contribution is 2.11. The smallest absolute Gasteiger partial charge is 0.189 e. The summed E-state index contributed by atoms with van der Waals surface area (Å²) in [5, 5.41) is 16.8. The molecule has 0 radical (unpaired) electrons. The van der Waals surface area contributed by atoms with E-state index in [1.54, 1.807) is 0 Å². The predicted octanol–water partition coefficient (Wildman–Crippen LogP) is -1.09. The van der Waals surface area contributed by atoms with Crippen molar-refractivity contribution in [3.05, 3.63) is 11.9 Å². The van der Waals surface area contributed by atoms with Crippen LogP contribution in [-0.4, -0.2) is 35.9 Å². The second kappa shape index (κ2) is 3.05. The molecule has 0 aromatic carbocycles. The summed E-state index contributed by atoms with van der Waals surface area (Å²) in [6, 6.07) is 0. The first-order chi connectivity index (χ1) is 5.96. The third-order valence-electron chi connectivity index (χ3n) is 1.37. The Bertz CT molecular complexity index is 432. The number of rotatable bonds is 2. The maximum atomic E-state index is 11.1. The number of sulfone groups is 1. The summed E-state index contributed by atoms with van der Waals surface area (Å²) in [4.78, 5) is -0.0946. The Kier molecular flexibility index (Phi) is 2.24. The molecule has 1 rings (SSSR count). The number of aromatic nitrogens is 2. The molecule has 0 aliphatic rings. The molecule has 0 atom stereocenters. The lowest BCUT2D eigenvalue weighted by Gasteiger charge is -1.97. The van der Waals surface area contributed by atoms with Crippen LogP contribution in [0.2, 0.25) is 0 Å². The van der Waals surface area contributed by atoms with Crippen molar-refractivity contribution in [1.29, 1.82) is 0 Å². The lowest BCUT2D eigenvalue weighted by atomic mass is 10.4. The van der Waals surface area contributed by atoms with Crippen LogP contribution in [0.4, 0.5) is 0 Å². The highest BCUT2D eigenvalue weighted by atomic mass is 32.2. The van der Waals surface area contributed by atoms with Crippen LogP contribution >= 0.6 is 0 Å². The first-order valence-corrected chi connectivity index (χ1v) is 5.07. The van der Waals surface area contributed by atoms with Crippen LogP contribution in [0, 0.1) is 0 Å². The highest BCUT2D eigenvalue weighted by Gasteiger charge is 2.18. The number of hydrogen-bond donors (Lipinski definition) is 3. The molecule has 0 fully saturated rings. The van der Waals surface area contributed by atoms with Gasteiger partial charge in [0, 0.05) is 6.26 Å². The fraction of sp³-hybridized carbons (Fsp3) is 0.200. The maximum absolute atomic E-state index is 11.1. The van der Waals surface area contributed by atoms with Crippen molar-refractivity contribution in [2.75, 3.05) is 6.26 Å². The number of hydrogen-bond acceptors (Lipinski definition) is 5. The van der Waals surface area contributed by atoms with Gasteiger partial charge in [0.25, 0.3) is 0 Å². The van der Waals surface area contributed by atoms with Gasteiger partial charge in [-0.1, -0.05) is 5.16 Å². The Morgan fingerprint density at radius 2 is 2.38 bits per heavy atom. The number of H-pyrrole nitrogens is 1. The lowest BCUT2D eigenvalue weighted by Crippen LogP contribution is -2.17. The molecule has 0 saturated carbocycles. The Morgan fingerprint density at radius 3 is 2.85 bits per heavy atom. The summed E-state index contributed by atoms with van der Waals surface area (Å²) in [5.41, 5.74) is 5.19. The summed E-state index contributed by atoms with van der Waals surface area (Å²) in [5.74, 6) is -0.321. The Balaban J connectivity index is 3.35. The zero-order valence-electron chi connectivity index (χ0n) is 6.72. The molecule has 13 heavy (non-hydrogen) atoms.